The molecule has 0 bridgehead atoms. The molecule has 0 unspecified atom stereocenters. The molecule has 2 heterocycles. The van der Waals surface area contributed by atoms with Gasteiger partial charge < -0.3 is 15.8 Å². The first-order valence-electron chi connectivity index (χ1n) is 6.28. The molecule has 20 heavy (non-hydrogen) atoms. The number of nitrogens with two attached hydrogens (primary N) is 1. The van der Waals surface area contributed by atoms with Crippen LogP contribution < -0.4 is 15.8 Å². The largest absolute Gasteiger partial charge is 0.492 e. The van der Waals surface area contributed by atoms with Gasteiger partial charge in [-0.15, -0.1) is 0 Å². The lowest BCUT2D eigenvalue weighted by atomic mass is 10.2. The first-order chi connectivity index (χ1) is 9.75. The average Bonchev–Trinajstić information content (AvgIpc) is 2.48. The molecule has 1 amide bonds. The molecule has 0 radical (unpaired) electrons. The predicted molar refractivity (Wildman–Crippen MR) is 75.3 cm³/mol. The zero-order valence-corrected chi connectivity index (χ0v) is 11.0. The summed E-state index contributed by atoms with van der Waals surface area (Å²) in [6, 6.07) is 6.82. The third-order valence-electron chi connectivity index (χ3n) is 2.55. The van der Waals surface area contributed by atoms with E-state index in [1.165, 1.54) is 6.20 Å². The zero-order valence-electron chi connectivity index (χ0n) is 11.0. The number of nitrogens with zero attached hydrogens (tertiary/aromatic N) is 2. The Morgan fingerprint density at radius 2 is 2.25 bits per heavy atom. The number of carbonyl (C=O) groups is 1. The maximum absolute atomic E-state index is 11.8. The Bertz CT molecular complexity index is 560. The minimum Gasteiger partial charge on any atom is -0.492 e. The van der Waals surface area contributed by atoms with Gasteiger partial charge in [0.05, 0.1) is 12.8 Å². The van der Waals surface area contributed by atoms with Crippen molar-refractivity contribution in [3.8, 4) is 5.75 Å². The molecular weight excluding hydrogens is 256 g/mol. The van der Waals surface area contributed by atoms with Crippen molar-refractivity contribution in [3.05, 3.63) is 48.4 Å². The van der Waals surface area contributed by atoms with E-state index in [0.29, 0.717) is 31.0 Å². The van der Waals surface area contributed by atoms with E-state index in [0.717, 1.165) is 5.75 Å². The standard InChI is InChI=1S/C14H16N4O2/c15-13-9-11(4-7-17-13)14(19)18-6-2-8-20-12-3-1-5-16-10-12/h1,3-5,7,9-10H,2,6,8H2,(H2,15,17)(H,18,19). The first-order valence-corrected chi connectivity index (χ1v) is 6.28. The maximum atomic E-state index is 11.8. The summed E-state index contributed by atoms with van der Waals surface area (Å²) in [7, 11) is 0. The van der Waals surface area contributed by atoms with Crippen molar-refractivity contribution in [3.63, 3.8) is 0 Å². The molecule has 0 aliphatic heterocycles. The van der Waals surface area contributed by atoms with Crippen LogP contribution in [0.4, 0.5) is 5.82 Å². The van der Waals surface area contributed by atoms with E-state index in [2.05, 4.69) is 15.3 Å². The lowest BCUT2D eigenvalue weighted by molar-refractivity contribution is 0.0951. The molecule has 0 fully saturated rings. The second-order valence-corrected chi connectivity index (χ2v) is 4.12. The smallest absolute Gasteiger partial charge is 0.251 e. The van der Waals surface area contributed by atoms with Crippen molar-refractivity contribution >= 4 is 11.7 Å². The van der Waals surface area contributed by atoms with Crippen molar-refractivity contribution in [2.45, 2.75) is 6.42 Å². The summed E-state index contributed by atoms with van der Waals surface area (Å²) in [4.78, 5) is 19.6. The van der Waals surface area contributed by atoms with Crippen molar-refractivity contribution in [2.24, 2.45) is 0 Å². The number of hydrogen-bond donors (Lipinski definition) is 2. The highest BCUT2D eigenvalue weighted by molar-refractivity contribution is 5.94. The van der Waals surface area contributed by atoms with Crippen LogP contribution in [-0.4, -0.2) is 29.0 Å². The molecule has 0 saturated heterocycles. The van der Waals surface area contributed by atoms with Gasteiger partial charge >= 0.3 is 0 Å². The SMILES string of the molecule is Nc1cc(C(=O)NCCCOc2cccnc2)ccn1. The number of amides is 1. The highest BCUT2D eigenvalue weighted by Gasteiger charge is 2.04. The van der Waals surface area contributed by atoms with Crippen LogP contribution in [-0.2, 0) is 0 Å². The van der Waals surface area contributed by atoms with E-state index < -0.39 is 0 Å². The van der Waals surface area contributed by atoms with Gasteiger partial charge in [0.2, 0.25) is 0 Å². The normalized spacial score (nSPS) is 10.0. The quantitative estimate of drug-likeness (QED) is 0.772. The fourth-order valence-corrected chi connectivity index (χ4v) is 1.59. The number of pyridine rings is 2. The maximum Gasteiger partial charge on any atom is 0.251 e. The molecule has 2 aromatic heterocycles. The van der Waals surface area contributed by atoms with Gasteiger partial charge in [-0.05, 0) is 30.7 Å². The fraction of sp³-hybridized carbons (Fsp3) is 0.214. The van der Waals surface area contributed by atoms with Crippen LogP contribution in [0.2, 0.25) is 0 Å². The Kier molecular flexibility index (Phi) is 4.88. The fourth-order valence-electron chi connectivity index (χ4n) is 1.59. The number of anilines is 1. The summed E-state index contributed by atoms with van der Waals surface area (Å²) >= 11 is 0. The number of aromatic nitrogens is 2. The average molecular weight is 272 g/mol. The molecule has 104 valence electrons. The number of carbonyl (C=O) groups excluding carboxylic acids is 1. The topological polar surface area (TPSA) is 90.1 Å². The monoisotopic (exact) mass is 272 g/mol. The van der Waals surface area contributed by atoms with Gasteiger partial charge in [-0.1, -0.05) is 0 Å². The van der Waals surface area contributed by atoms with Crippen molar-refractivity contribution in [2.75, 3.05) is 18.9 Å². The lowest BCUT2D eigenvalue weighted by Crippen LogP contribution is -2.25. The Morgan fingerprint density at radius 1 is 1.35 bits per heavy atom. The third kappa shape index (κ3) is 4.24. The summed E-state index contributed by atoms with van der Waals surface area (Å²) in [6.45, 7) is 1.05. The minimum absolute atomic E-state index is 0.166. The molecule has 2 rings (SSSR count). The zero-order chi connectivity index (χ0) is 14.2. The van der Waals surface area contributed by atoms with Gasteiger partial charge in [-0.3, -0.25) is 9.78 Å². The second-order valence-electron chi connectivity index (χ2n) is 4.12. The molecule has 0 aromatic carbocycles. The molecular formula is C14H16N4O2. The van der Waals surface area contributed by atoms with Crippen LogP contribution in [0.5, 0.6) is 5.75 Å². The molecule has 6 nitrogen and oxygen atoms in total. The van der Waals surface area contributed by atoms with Gasteiger partial charge in [0.15, 0.2) is 0 Å². The molecule has 0 saturated carbocycles. The number of hydrogen-bond acceptors (Lipinski definition) is 5. The highest BCUT2D eigenvalue weighted by atomic mass is 16.5. The highest BCUT2D eigenvalue weighted by Crippen LogP contribution is 2.06. The van der Waals surface area contributed by atoms with E-state index in [1.54, 1.807) is 24.5 Å². The molecule has 0 spiro atoms. The van der Waals surface area contributed by atoms with Gasteiger partial charge in [0.1, 0.15) is 11.6 Å². The number of nitrogens with one attached hydrogen (secondary N) is 1. The van der Waals surface area contributed by atoms with Crippen LogP contribution >= 0.6 is 0 Å². The number of ether oxygens (including phenoxy) is 1. The van der Waals surface area contributed by atoms with E-state index in [1.807, 2.05) is 12.1 Å². The summed E-state index contributed by atoms with van der Waals surface area (Å²) in [5, 5.41) is 2.79. The summed E-state index contributed by atoms with van der Waals surface area (Å²) < 4.78 is 5.47. The van der Waals surface area contributed by atoms with Gasteiger partial charge in [0, 0.05) is 24.5 Å². The van der Waals surface area contributed by atoms with Crippen LogP contribution in [0, 0.1) is 0 Å². The molecule has 2 aromatic rings. The molecule has 0 atom stereocenters. The van der Waals surface area contributed by atoms with Crippen molar-refractivity contribution in [1.29, 1.82) is 0 Å². The molecule has 6 heteroatoms. The van der Waals surface area contributed by atoms with E-state index in [-0.39, 0.29) is 5.91 Å². The Hall–Kier alpha value is -2.63. The van der Waals surface area contributed by atoms with E-state index >= 15 is 0 Å². The minimum atomic E-state index is -0.166. The summed E-state index contributed by atoms with van der Waals surface area (Å²) in [5.41, 5.74) is 6.03. The van der Waals surface area contributed by atoms with Crippen molar-refractivity contribution in [1.82, 2.24) is 15.3 Å². The number of nitrogen functional groups attached to an aromatic ring is 1. The number of rotatable bonds is 6. The Labute approximate surface area is 117 Å². The molecule has 0 aliphatic rings. The van der Waals surface area contributed by atoms with Crippen LogP contribution in [0.25, 0.3) is 0 Å². The predicted octanol–water partition coefficient (Wildman–Crippen LogP) is 1.26. The van der Waals surface area contributed by atoms with Crippen LogP contribution in [0.15, 0.2) is 42.9 Å². The van der Waals surface area contributed by atoms with E-state index in [4.69, 9.17) is 10.5 Å². The Balaban J connectivity index is 1.67. The van der Waals surface area contributed by atoms with Crippen LogP contribution in [0.3, 0.4) is 0 Å². The molecule has 0 aliphatic carbocycles. The summed E-state index contributed by atoms with van der Waals surface area (Å²) in [5.74, 6) is 0.888. The van der Waals surface area contributed by atoms with E-state index in [9.17, 15) is 4.79 Å². The van der Waals surface area contributed by atoms with Crippen molar-refractivity contribution < 1.29 is 9.53 Å². The third-order valence-corrected chi connectivity index (χ3v) is 2.55. The van der Waals surface area contributed by atoms with Gasteiger partial charge in [0.25, 0.3) is 5.91 Å². The van der Waals surface area contributed by atoms with Crippen LogP contribution in [0.1, 0.15) is 16.8 Å². The second kappa shape index (κ2) is 7.08. The van der Waals surface area contributed by atoms with Gasteiger partial charge in [-0.2, -0.15) is 0 Å². The summed E-state index contributed by atoms with van der Waals surface area (Å²) in [6.07, 6.45) is 5.56. The molecule has 3 N–H and O–H groups in total. The lowest BCUT2D eigenvalue weighted by Gasteiger charge is -2.07. The Morgan fingerprint density at radius 3 is 3.00 bits per heavy atom. The van der Waals surface area contributed by atoms with Gasteiger partial charge in [-0.25, -0.2) is 4.98 Å². The first kappa shape index (κ1) is 13.8.